The molecule has 1 aliphatic heterocycles. The number of aryl methyl sites for hydroxylation is 1. The first-order valence-corrected chi connectivity index (χ1v) is 9.24. The van der Waals surface area contributed by atoms with Crippen LogP contribution in [0.15, 0.2) is 70.0 Å². The van der Waals surface area contributed by atoms with Gasteiger partial charge in [-0.1, -0.05) is 29.8 Å². The minimum atomic E-state index is -0.0505. The second-order valence-electron chi connectivity index (χ2n) is 7.10. The lowest BCUT2D eigenvalue weighted by Gasteiger charge is -2.10. The molecular weight excluding hydrogens is 336 g/mol. The summed E-state index contributed by atoms with van der Waals surface area (Å²) >= 11 is 0. The van der Waals surface area contributed by atoms with Crippen molar-refractivity contribution in [2.45, 2.75) is 19.9 Å². The zero-order valence-electron chi connectivity index (χ0n) is 15.2. The first-order valence-electron chi connectivity index (χ1n) is 9.24. The number of pyridine rings is 1. The summed E-state index contributed by atoms with van der Waals surface area (Å²) in [7, 11) is 0. The van der Waals surface area contributed by atoms with Gasteiger partial charge in [0, 0.05) is 48.8 Å². The second-order valence-corrected chi connectivity index (χ2v) is 7.10. The van der Waals surface area contributed by atoms with Gasteiger partial charge in [-0.05, 0) is 36.2 Å². The molecule has 27 heavy (non-hydrogen) atoms. The Morgan fingerprint density at radius 2 is 1.85 bits per heavy atom. The predicted molar refractivity (Wildman–Crippen MR) is 107 cm³/mol. The molecule has 3 heterocycles. The van der Waals surface area contributed by atoms with Gasteiger partial charge < -0.3 is 9.73 Å². The van der Waals surface area contributed by atoms with Crippen molar-refractivity contribution in [2.24, 2.45) is 0 Å². The average molecular weight is 356 g/mol. The second kappa shape index (κ2) is 6.25. The van der Waals surface area contributed by atoms with E-state index in [2.05, 4.69) is 30.4 Å². The number of benzene rings is 2. The maximum atomic E-state index is 12.7. The summed E-state index contributed by atoms with van der Waals surface area (Å²) in [5.41, 5.74) is 6.04. The number of nitrogens with one attached hydrogen (secondary N) is 1. The molecule has 0 spiro atoms. The van der Waals surface area contributed by atoms with Crippen LogP contribution in [0.5, 0.6) is 0 Å². The Labute approximate surface area is 157 Å². The summed E-state index contributed by atoms with van der Waals surface area (Å²) in [5, 5.41) is 4.51. The van der Waals surface area contributed by atoms with E-state index >= 15 is 0 Å². The van der Waals surface area contributed by atoms with Gasteiger partial charge in [0.2, 0.25) is 0 Å². The summed E-state index contributed by atoms with van der Waals surface area (Å²) in [4.78, 5) is 12.7. The number of hydrogen-bond acceptors (Lipinski definition) is 3. The standard InChI is InChI=1S/C23H20N2O2/c1-15-2-4-16(5-3-15)17-9-11-25(23(26)12-17)18-6-7-19-20-14-24-10-8-21(20)27-22(19)13-18/h2-7,9,11-13,24H,8,10,14H2,1H3. The van der Waals surface area contributed by atoms with E-state index in [0.717, 1.165) is 53.1 Å². The molecule has 4 heteroatoms. The fraction of sp³-hybridized carbons (Fsp3) is 0.174. The molecule has 2 aromatic heterocycles. The fourth-order valence-corrected chi connectivity index (χ4v) is 3.77. The Hall–Kier alpha value is -3.11. The quantitative estimate of drug-likeness (QED) is 0.585. The fourth-order valence-electron chi connectivity index (χ4n) is 3.77. The van der Waals surface area contributed by atoms with Crippen molar-refractivity contribution in [1.82, 2.24) is 9.88 Å². The first kappa shape index (κ1) is 16.1. The number of fused-ring (bicyclic) bond motifs is 3. The van der Waals surface area contributed by atoms with Gasteiger partial charge in [0.25, 0.3) is 5.56 Å². The molecule has 0 saturated carbocycles. The molecule has 1 aliphatic rings. The van der Waals surface area contributed by atoms with Crippen LogP contribution in [0.4, 0.5) is 0 Å². The van der Waals surface area contributed by atoms with E-state index in [-0.39, 0.29) is 5.56 Å². The van der Waals surface area contributed by atoms with Crippen LogP contribution in [-0.2, 0) is 13.0 Å². The lowest BCUT2D eigenvalue weighted by atomic mass is 10.1. The average Bonchev–Trinajstić information content (AvgIpc) is 3.06. The maximum absolute atomic E-state index is 12.7. The third-order valence-corrected chi connectivity index (χ3v) is 5.27. The summed E-state index contributed by atoms with van der Waals surface area (Å²) in [6.07, 6.45) is 2.74. The van der Waals surface area contributed by atoms with Crippen molar-refractivity contribution >= 4 is 11.0 Å². The molecule has 0 amide bonds. The molecule has 2 aromatic carbocycles. The van der Waals surface area contributed by atoms with E-state index in [9.17, 15) is 4.79 Å². The minimum absolute atomic E-state index is 0.0505. The number of hydrogen-bond donors (Lipinski definition) is 1. The van der Waals surface area contributed by atoms with Crippen molar-refractivity contribution in [1.29, 1.82) is 0 Å². The largest absolute Gasteiger partial charge is 0.461 e. The summed E-state index contributed by atoms with van der Waals surface area (Å²) < 4.78 is 7.70. The molecule has 0 unspecified atom stereocenters. The molecule has 0 fully saturated rings. The highest BCUT2D eigenvalue weighted by molar-refractivity contribution is 5.84. The lowest BCUT2D eigenvalue weighted by Crippen LogP contribution is -2.22. The van der Waals surface area contributed by atoms with Crippen LogP contribution in [0.25, 0.3) is 27.8 Å². The van der Waals surface area contributed by atoms with Gasteiger partial charge in [0.15, 0.2) is 0 Å². The summed E-state index contributed by atoms with van der Waals surface area (Å²) in [6.45, 7) is 3.84. The van der Waals surface area contributed by atoms with Crippen LogP contribution in [-0.4, -0.2) is 11.1 Å². The Balaban J connectivity index is 1.56. The van der Waals surface area contributed by atoms with Crippen molar-refractivity contribution in [3.8, 4) is 16.8 Å². The molecule has 0 aliphatic carbocycles. The molecule has 0 bridgehead atoms. The zero-order valence-corrected chi connectivity index (χ0v) is 15.2. The normalized spacial score (nSPS) is 13.7. The molecular formula is C23H20N2O2. The summed E-state index contributed by atoms with van der Waals surface area (Å²) in [5.74, 6) is 1.06. The third-order valence-electron chi connectivity index (χ3n) is 5.27. The molecule has 0 saturated heterocycles. The van der Waals surface area contributed by atoms with Gasteiger partial charge >= 0.3 is 0 Å². The van der Waals surface area contributed by atoms with E-state index in [1.807, 2.05) is 36.5 Å². The molecule has 0 atom stereocenters. The van der Waals surface area contributed by atoms with Crippen LogP contribution in [0.3, 0.4) is 0 Å². The van der Waals surface area contributed by atoms with Gasteiger partial charge in [0.1, 0.15) is 11.3 Å². The van der Waals surface area contributed by atoms with Crippen molar-refractivity contribution < 1.29 is 4.42 Å². The molecule has 5 rings (SSSR count). The predicted octanol–water partition coefficient (Wildman–Crippen LogP) is 4.20. The van der Waals surface area contributed by atoms with E-state index in [4.69, 9.17) is 4.42 Å². The Morgan fingerprint density at radius 3 is 2.67 bits per heavy atom. The highest BCUT2D eigenvalue weighted by Crippen LogP contribution is 2.29. The van der Waals surface area contributed by atoms with Crippen molar-refractivity contribution in [2.75, 3.05) is 6.54 Å². The first-order chi connectivity index (χ1) is 13.2. The van der Waals surface area contributed by atoms with Gasteiger partial charge in [0.05, 0.1) is 5.69 Å². The Morgan fingerprint density at radius 1 is 1.00 bits per heavy atom. The van der Waals surface area contributed by atoms with Gasteiger partial charge in [-0.2, -0.15) is 0 Å². The van der Waals surface area contributed by atoms with Crippen LogP contribution >= 0.6 is 0 Å². The number of nitrogens with zero attached hydrogens (tertiary/aromatic N) is 1. The Bertz CT molecular complexity index is 1200. The van der Waals surface area contributed by atoms with Crippen molar-refractivity contribution in [3.63, 3.8) is 0 Å². The van der Waals surface area contributed by atoms with Crippen LogP contribution in [0.1, 0.15) is 16.9 Å². The van der Waals surface area contributed by atoms with E-state index in [0.29, 0.717) is 0 Å². The van der Waals surface area contributed by atoms with E-state index in [1.165, 1.54) is 11.1 Å². The van der Waals surface area contributed by atoms with E-state index < -0.39 is 0 Å². The highest BCUT2D eigenvalue weighted by Gasteiger charge is 2.17. The lowest BCUT2D eigenvalue weighted by molar-refractivity contribution is 0.500. The SMILES string of the molecule is Cc1ccc(-c2ccn(-c3ccc4c5c(oc4c3)CCNC5)c(=O)c2)cc1. The molecule has 4 nitrogen and oxygen atoms in total. The van der Waals surface area contributed by atoms with Gasteiger partial charge in [-0.3, -0.25) is 9.36 Å². The molecule has 4 aromatic rings. The smallest absolute Gasteiger partial charge is 0.255 e. The van der Waals surface area contributed by atoms with Crippen LogP contribution in [0.2, 0.25) is 0 Å². The minimum Gasteiger partial charge on any atom is -0.461 e. The summed E-state index contributed by atoms with van der Waals surface area (Å²) in [6, 6.07) is 17.9. The maximum Gasteiger partial charge on any atom is 0.255 e. The van der Waals surface area contributed by atoms with E-state index in [1.54, 1.807) is 10.6 Å². The molecule has 1 N–H and O–H groups in total. The van der Waals surface area contributed by atoms with Crippen molar-refractivity contribution in [3.05, 3.63) is 88.0 Å². The van der Waals surface area contributed by atoms with Crippen LogP contribution in [0, 0.1) is 6.92 Å². The number of rotatable bonds is 2. The highest BCUT2D eigenvalue weighted by atomic mass is 16.3. The zero-order chi connectivity index (χ0) is 18.4. The van der Waals surface area contributed by atoms with Gasteiger partial charge in [-0.15, -0.1) is 0 Å². The van der Waals surface area contributed by atoms with Crippen LogP contribution < -0.4 is 10.9 Å². The topological polar surface area (TPSA) is 47.2 Å². The Kier molecular flexibility index (Phi) is 3.73. The molecule has 134 valence electrons. The molecule has 0 radical (unpaired) electrons. The monoisotopic (exact) mass is 356 g/mol. The number of aromatic nitrogens is 1. The third kappa shape index (κ3) is 2.78. The van der Waals surface area contributed by atoms with Gasteiger partial charge in [-0.25, -0.2) is 0 Å². The number of furan rings is 1.